The zero-order chi connectivity index (χ0) is 8.27. The maximum absolute atomic E-state index is 10.1. The van der Waals surface area contributed by atoms with E-state index in [2.05, 4.69) is 4.98 Å². The molecule has 0 unspecified atom stereocenters. The monoisotopic (exact) mass is 153 g/mol. The third-order valence-electron chi connectivity index (χ3n) is 1.35. The second-order valence-electron chi connectivity index (χ2n) is 2.69. The quantitative estimate of drug-likeness (QED) is 0.618. The van der Waals surface area contributed by atoms with E-state index in [1.165, 1.54) is 0 Å². The molecule has 1 rings (SSSR count). The minimum absolute atomic E-state index is 0.287. The zero-order valence-electron chi connectivity index (χ0n) is 6.70. The van der Waals surface area contributed by atoms with Gasteiger partial charge < -0.3 is 9.21 Å². The van der Waals surface area contributed by atoms with Gasteiger partial charge >= 0.3 is 0 Å². The molecule has 3 nitrogen and oxygen atoms in total. The van der Waals surface area contributed by atoms with E-state index in [1.54, 1.807) is 6.20 Å². The fourth-order valence-electron chi connectivity index (χ4n) is 0.766. The second kappa shape index (κ2) is 3.32. The van der Waals surface area contributed by atoms with Crippen LogP contribution in [0.25, 0.3) is 0 Å². The summed E-state index contributed by atoms with van der Waals surface area (Å²) in [5.74, 6) is 1.63. The van der Waals surface area contributed by atoms with Gasteiger partial charge in [-0.1, -0.05) is 13.8 Å². The molecule has 60 valence electrons. The van der Waals surface area contributed by atoms with Crippen molar-refractivity contribution in [3.63, 3.8) is 0 Å². The summed E-state index contributed by atoms with van der Waals surface area (Å²) in [6.07, 6.45) is 2.73. The van der Waals surface area contributed by atoms with Gasteiger partial charge in [-0.2, -0.15) is 0 Å². The van der Waals surface area contributed by atoms with Crippen molar-refractivity contribution in [2.75, 3.05) is 0 Å². The van der Waals surface area contributed by atoms with Crippen molar-refractivity contribution >= 4 is 6.29 Å². The van der Waals surface area contributed by atoms with Gasteiger partial charge in [0.1, 0.15) is 12.0 Å². The molecule has 1 heterocycles. The largest absolute Gasteiger partial charge is 0.445 e. The highest BCUT2D eigenvalue weighted by Gasteiger charge is 2.06. The van der Waals surface area contributed by atoms with Gasteiger partial charge in [-0.15, -0.1) is 0 Å². The summed E-state index contributed by atoms with van der Waals surface area (Å²) in [6, 6.07) is 0. The van der Waals surface area contributed by atoms with E-state index in [1.807, 2.05) is 13.8 Å². The van der Waals surface area contributed by atoms with Gasteiger partial charge in [0.05, 0.1) is 12.6 Å². The van der Waals surface area contributed by atoms with Gasteiger partial charge in [-0.05, 0) is 0 Å². The Morgan fingerprint density at radius 3 is 2.91 bits per heavy atom. The van der Waals surface area contributed by atoms with Crippen LogP contribution in [0.5, 0.6) is 0 Å². The van der Waals surface area contributed by atoms with Gasteiger partial charge in [0.2, 0.25) is 0 Å². The summed E-state index contributed by atoms with van der Waals surface area (Å²) >= 11 is 0. The van der Waals surface area contributed by atoms with Crippen molar-refractivity contribution in [2.24, 2.45) is 0 Å². The summed E-state index contributed by atoms with van der Waals surface area (Å²) in [6.45, 7) is 3.99. The molecular formula is C8H11NO2. The predicted molar refractivity (Wildman–Crippen MR) is 40.4 cm³/mol. The Balaban J connectivity index is 2.73. The standard InChI is InChI=1S/C8H11NO2/c1-6(2)8-9-5-7(11-8)3-4-10/h4-6H,3H2,1-2H3. The second-order valence-corrected chi connectivity index (χ2v) is 2.69. The molecule has 0 aliphatic rings. The number of hydrogen-bond acceptors (Lipinski definition) is 3. The average molecular weight is 153 g/mol. The van der Waals surface area contributed by atoms with Crippen LogP contribution in [0.3, 0.4) is 0 Å². The van der Waals surface area contributed by atoms with Crippen molar-refractivity contribution in [3.8, 4) is 0 Å². The minimum atomic E-state index is 0.287. The molecule has 11 heavy (non-hydrogen) atoms. The van der Waals surface area contributed by atoms with Gasteiger partial charge in [0.15, 0.2) is 5.89 Å². The van der Waals surface area contributed by atoms with Crippen molar-refractivity contribution in [1.82, 2.24) is 4.98 Å². The van der Waals surface area contributed by atoms with E-state index < -0.39 is 0 Å². The molecule has 0 bridgehead atoms. The van der Waals surface area contributed by atoms with Crippen LogP contribution in [-0.4, -0.2) is 11.3 Å². The molecule has 0 fully saturated rings. The topological polar surface area (TPSA) is 43.1 Å². The fourth-order valence-corrected chi connectivity index (χ4v) is 0.766. The molecular weight excluding hydrogens is 142 g/mol. The summed E-state index contributed by atoms with van der Waals surface area (Å²) in [4.78, 5) is 14.1. The fraction of sp³-hybridized carbons (Fsp3) is 0.500. The highest BCUT2D eigenvalue weighted by molar-refractivity contribution is 5.52. The van der Waals surface area contributed by atoms with Crippen molar-refractivity contribution in [1.29, 1.82) is 0 Å². The number of aldehydes is 1. The van der Waals surface area contributed by atoms with Gasteiger partial charge in [-0.25, -0.2) is 4.98 Å². The molecule has 0 aromatic carbocycles. The molecule has 3 heteroatoms. The minimum Gasteiger partial charge on any atom is -0.445 e. The smallest absolute Gasteiger partial charge is 0.196 e. The number of nitrogens with zero attached hydrogens (tertiary/aromatic N) is 1. The van der Waals surface area contributed by atoms with E-state index in [9.17, 15) is 4.79 Å². The van der Waals surface area contributed by atoms with Crippen molar-refractivity contribution in [3.05, 3.63) is 17.8 Å². The number of rotatable bonds is 3. The van der Waals surface area contributed by atoms with Crippen LogP contribution < -0.4 is 0 Å². The summed E-state index contributed by atoms with van der Waals surface area (Å²) < 4.78 is 5.24. The summed E-state index contributed by atoms with van der Waals surface area (Å²) in [5.41, 5.74) is 0. The Labute approximate surface area is 65.4 Å². The SMILES string of the molecule is CC(C)c1ncc(CC=O)o1. The van der Waals surface area contributed by atoms with Crippen LogP contribution in [0, 0.1) is 0 Å². The molecule has 0 aliphatic carbocycles. The molecule has 0 N–H and O–H groups in total. The molecule has 0 saturated carbocycles. The first-order valence-corrected chi connectivity index (χ1v) is 3.62. The number of aromatic nitrogens is 1. The van der Waals surface area contributed by atoms with E-state index in [-0.39, 0.29) is 5.92 Å². The average Bonchev–Trinajstić information content (AvgIpc) is 2.37. The van der Waals surface area contributed by atoms with Crippen LogP contribution in [-0.2, 0) is 11.2 Å². The zero-order valence-corrected chi connectivity index (χ0v) is 6.70. The molecule has 0 amide bonds. The highest BCUT2D eigenvalue weighted by atomic mass is 16.4. The highest BCUT2D eigenvalue weighted by Crippen LogP contribution is 2.13. The normalized spacial score (nSPS) is 10.5. The number of carbonyl (C=O) groups is 1. The van der Waals surface area contributed by atoms with Crippen molar-refractivity contribution < 1.29 is 9.21 Å². The molecule has 1 aromatic rings. The van der Waals surface area contributed by atoms with Crippen LogP contribution in [0.2, 0.25) is 0 Å². The van der Waals surface area contributed by atoms with Crippen LogP contribution >= 0.6 is 0 Å². The lowest BCUT2D eigenvalue weighted by atomic mass is 10.2. The first kappa shape index (κ1) is 7.98. The predicted octanol–water partition coefficient (Wildman–Crippen LogP) is 1.54. The van der Waals surface area contributed by atoms with Crippen molar-refractivity contribution in [2.45, 2.75) is 26.2 Å². The first-order valence-electron chi connectivity index (χ1n) is 3.62. The van der Waals surface area contributed by atoms with Gasteiger partial charge in [0, 0.05) is 5.92 Å². The van der Waals surface area contributed by atoms with Gasteiger partial charge in [0.25, 0.3) is 0 Å². The van der Waals surface area contributed by atoms with Crippen LogP contribution in [0.1, 0.15) is 31.4 Å². The molecule has 1 aromatic heterocycles. The molecule has 0 aliphatic heterocycles. The van der Waals surface area contributed by atoms with Crippen LogP contribution in [0.15, 0.2) is 10.6 Å². The lowest BCUT2D eigenvalue weighted by Crippen LogP contribution is -1.85. The summed E-state index contributed by atoms with van der Waals surface area (Å²) in [7, 11) is 0. The molecule has 0 spiro atoms. The molecule has 0 atom stereocenters. The number of hydrogen-bond donors (Lipinski definition) is 0. The lowest BCUT2D eigenvalue weighted by molar-refractivity contribution is -0.107. The summed E-state index contributed by atoms with van der Waals surface area (Å²) in [5, 5.41) is 0. The number of carbonyl (C=O) groups excluding carboxylic acids is 1. The molecule has 0 saturated heterocycles. The number of oxazole rings is 1. The van der Waals surface area contributed by atoms with Crippen LogP contribution in [0.4, 0.5) is 0 Å². The van der Waals surface area contributed by atoms with E-state index in [0.29, 0.717) is 18.1 Å². The Morgan fingerprint density at radius 1 is 1.73 bits per heavy atom. The van der Waals surface area contributed by atoms with E-state index >= 15 is 0 Å². The van der Waals surface area contributed by atoms with Gasteiger partial charge in [-0.3, -0.25) is 0 Å². The third-order valence-corrected chi connectivity index (χ3v) is 1.35. The van der Waals surface area contributed by atoms with E-state index in [0.717, 1.165) is 6.29 Å². The molecule has 0 radical (unpaired) electrons. The Morgan fingerprint density at radius 2 is 2.45 bits per heavy atom. The Bertz CT molecular complexity index is 240. The van der Waals surface area contributed by atoms with E-state index in [4.69, 9.17) is 4.42 Å². The maximum Gasteiger partial charge on any atom is 0.196 e. The first-order chi connectivity index (χ1) is 5.24. The third kappa shape index (κ3) is 1.90. The Kier molecular flexibility index (Phi) is 2.41. The lowest BCUT2D eigenvalue weighted by Gasteiger charge is -1.94. The Hall–Kier alpha value is -1.12. The maximum atomic E-state index is 10.1.